The van der Waals surface area contributed by atoms with Crippen LogP contribution in [0.4, 0.5) is 0 Å². The van der Waals surface area contributed by atoms with Gasteiger partial charge in [-0.25, -0.2) is 0 Å². The molecule has 0 aliphatic carbocycles. The standard InChI is InChI=1S/C44H34O.C2H4/c1-5-15-35(16-6-1)27-31-39-23-13-25-43(41(39)33-29-37-19-9-3-10-20-37)45-44-26-14-24-40(32-28-36-17-7-2-8-18-36)42(44)34-30-38-21-11-4-12-22-38;1-2/h1-34H;1-2H2. The fraction of sp³-hybridized carbons (Fsp3) is 0. The van der Waals surface area contributed by atoms with Crippen LogP contribution in [0.3, 0.4) is 0 Å². The molecule has 228 valence electrons. The van der Waals surface area contributed by atoms with Crippen molar-refractivity contribution in [3.8, 4) is 11.5 Å². The molecule has 0 saturated heterocycles. The van der Waals surface area contributed by atoms with Gasteiger partial charge in [0.05, 0.1) is 0 Å². The SMILES string of the molecule is C(=Cc1cccc(Oc2cccc(C=Cc3ccccc3)c2C=Cc2ccccc2)c1C=Cc1ccccc1)c1ccccc1.C=C. The summed E-state index contributed by atoms with van der Waals surface area (Å²) in [6, 6.07) is 53.9. The molecule has 1 nitrogen and oxygen atoms in total. The van der Waals surface area contributed by atoms with Crippen LogP contribution in [-0.4, -0.2) is 0 Å². The number of rotatable bonds is 10. The van der Waals surface area contributed by atoms with Gasteiger partial charge in [-0.1, -0.05) is 194 Å². The van der Waals surface area contributed by atoms with E-state index in [4.69, 9.17) is 4.74 Å². The van der Waals surface area contributed by atoms with E-state index in [1.54, 1.807) is 0 Å². The largest absolute Gasteiger partial charge is 0.456 e. The van der Waals surface area contributed by atoms with Gasteiger partial charge >= 0.3 is 0 Å². The van der Waals surface area contributed by atoms with Gasteiger partial charge in [-0.05, 0) is 45.5 Å². The fourth-order valence-corrected chi connectivity index (χ4v) is 5.05. The smallest absolute Gasteiger partial charge is 0.135 e. The van der Waals surface area contributed by atoms with E-state index in [9.17, 15) is 0 Å². The summed E-state index contributed by atoms with van der Waals surface area (Å²) in [6.07, 6.45) is 17.2. The predicted octanol–water partition coefficient (Wildman–Crippen LogP) is 13.0. The Bertz CT molecular complexity index is 1800. The van der Waals surface area contributed by atoms with Gasteiger partial charge < -0.3 is 4.74 Å². The molecule has 6 aromatic carbocycles. The molecule has 6 aromatic rings. The van der Waals surface area contributed by atoms with Crippen molar-refractivity contribution in [3.05, 3.63) is 215 Å². The lowest BCUT2D eigenvalue weighted by Gasteiger charge is -2.15. The zero-order valence-corrected chi connectivity index (χ0v) is 26.5. The van der Waals surface area contributed by atoms with Crippen LogP contribution in [0.2, 0.25) is 0 Å². The maximum Gasteiger partial charge on any atom is 0.135 e. The molecule has 0 spiro atoms. The number of hydrogen-bond acceptors (Lipinski definition) is 1. The Hall–Kier alpha value is -6.18. The Labute approximate surface area is 279 Å². The average Bonchev–Trinajstić information content (AvgIpc) is 3.15. The molecule has 0 atom stereocenters. The van der Waals surface area contributed by atoms with Gasteiger partial charge in [-0.15, -0.1) is 13.2 Å². The summed E-state index contributed by atoms with van der Waals surface area (Å²) in [5, 5.41) is 0. The van der Waals surface area contributed by atoms with Crippen LogP contribution in [0.1, 0.15) is 44.5 Å². The van der Waals surface area contributed by atoms with E-state index >= 15 is 0 Å². The van der Waals surface area contributed by atoms with Crippen molar-refractivity contribution < 1.29 is 4.74 Å². The Morgan fingerprint density at radius 1 is 0.298 bits per heavy atom. The first-order valence-electron chi connectivity index (χ1n) is 15.7. The predicted molar refractivity (Wildman–Crippen MR) is 206 cm³/mol. The third-order valence-electron chi connectivity index (χ3n) is 7.41. The van der Waals surface area contributed by atoms with E-state index in [-0.39, 0.29) is 0 Å². The van der Waals surface area contributed by atoms with Crippen molar-refractivity contribution in [1.82, 2.24) is 0 Å². The molecule has 0 aliphatic rings. The summed E-state index contributed by atoms with van der Waals surface area (Å²) < 4.78 is 6.83. The first kappa shape index (κ1) is 32.2. The lowest BCUT2D eigenvalue weighted by atomic mass is 10.0. The van der Waals surface area contributed by atoms with Gasteiger partial charge in [-0.2, -0.15) is 0 Å². The van der Waals surface area contributed by atoms with Crippen molar-refractivity contribution in [2.24, 2.45) is 0 Å². The summed E-state index contributed by atoms with van der Waals surface area (Å²) in [4.78, 5) is 0. The molecule has 0 unspecified atom stereocenters. The minimum Gasteiger partial charge on any atom is -0.456 e. The normalized spacial score (nSPS) is 11.2. The minimum absolute atomic E-state index is 0.788. The number of hydrogen-bond donors (Lipinski definition) is 0. The number of ether oxygens (including phenoxy) is 1. The van der Waals surface area contributed by atoms with Crippen LogP contribution in [0.5, 0.6) is 11.5 Å². The molecule has 0 amide bonds. The third-order valence-corrected chi connectivity index (χ3v) is 7.41. The molecule has 0 bridgehead atoms. The molecule has 6 rings (SSSR count). The monoisotopic (exact) mass is 606 g/mol. The summed E-state index contributed by atoms with van der Waals surface area (Å²) in [5.41, 5.74) is 8.72. The van der Waals surface area contributed by atoms with Gasteiger partial charge in [0.1, 0.15) is 11.5 Å². The van der Waals surface area contributed by atoms with E-state index < -0.39 is 0 Å². The topological polar surface area (TPSA) is 9.23 Å². The maximum atomic E-state index is 6.83. The Morgan fingerprint density at radius 3 is 0.915 bits per heavy atom. The van der Waals surface area contributed by atoms with Gasteiger partial charge in [0, 0.05) is 11.1 Å². The highest BCUT2D eigenvalue weighted by Gasteiger charge is 2.11. The molecule has 47 heavy (non-hydrogen) atoms. The first-order valence-corrected chi connectivity index (χ1v) is 15.7. The Kier molecular flexibility index (Phi) is 11.9. The Morgan fingerprint density at radius 2 is 0.596 bits per heavy atom. The molecular formula is C46H38O. The van der Waals surface area contributed by atoms with Crippen LogP contribution >= 0.6 is 0 Å². The second-order valence-corrected chi connectivity index (χ2v) is 10.6. The van der Waals surface area contributed by atoms with Crippen molar-refractivity contribution >= 4 is 48.6 Å². The first-order chi connectivity index (χ1) is 23.3. The molecule has 0 aliphatic heterocycles. The maximum absolute atomic E-state index is 6.83. The fourth-order valence-electron chi connectivity index (χ4n) is 5.05. The van der Waals surface area contributed by atoms with Crippen LogP contribution in [-0.2, 0) is 0 Å². The molecule has 0 saturated carbocycles. The van der Waals surface area contributed by atoms with Crippen molar-refractivity contribution in [2.45, 2.75) is 0 Å². The molecule has 0 fully saturated rings. The van der Waals surface area contributed by atoms with E-state index in [0.717, 1.165) is 56.0 Å². The zero-order chi connectivity index (χ0) is 32.5. The summed E-state index contributed by atoms with van der Waals surface area (Å²) in [5.74, 6) is 1.58. The summed E-state index contributed by atoms with van der Waals surface area (Å²) >= 11 is 0. The van der Waals surface area contributed by atoms with Crippen molar-refractivity contribution in [3.63, 3.8) is 0 Å². The zero-order valence-electron chi connectivity index (χ0n) is 26.5. The lowest BCUT2D eigenvalue weighted by molar-refractivity contribution is 0.480. The molecule has 0 N–H and O–H groups in total. The van der Waals surface area contributed by atoms with Crippen LogP contribution < -0.4 is 4.74 Å². The van der Waals surface area contributed by atoms with Gasteiger partial charge in [-0.3, -0.25) is 0 Å². The Balaban J connectivity index is 0.00000213. The second-order valence-electron chi connectivity index (χ2n) is 10.6. The van der Waals surface area contributed by atoms with Crippen LogP contribution in [0, 0.1) is 0 Å². The van der Waals surface area contributed by atoms with Crippen LogP contribution in [0.15, 0.2) is 171 Å². The van der Waals surface area contributed by atoms with E-state index in [0.29, 0.717) is 0 Å². The van der Waals surface area contributed by atoms with Gasteiger partial charge in [0.15, 0.2) is 0 Å². The highest BCUT2D eigenvalue weighted by atomic mass is 16.5. The van der Waals surface area contributed by atoms with Crippen LogP contribution in [0.25, 0.3) is 48.6 Å². The molecular weight excluding hydrogens is 569 g/mol. The summed E-state index contributed by atoms with van der Waals surface area (Å²) in [7, 11) is 0. The summed E-state index contributed by atoms with van der Waals surface area (Å²) in [6.45, 7) is 6.00. The van der Waals surface area contributed by atoms with E-state index in [1.165, 1.54) is 0 Å². The molecule has 0 radical (unpaired) electrons. The highest BCUT2D eigenvalue weighted by Crippen LogP contribution is 2.35. The second kappa shape index (κ2) is 17.3. The molecule has 0 aromatic heterocycles. The highest BCUT2D eigenvalue weighted by molar-refractivity contribution is 5.84. The van der Waals surface area contributed by atoms with E-state index in [2.05, 4.69) is 183 Å². The minimum atomic E-state index is 0.788. The third kappa shape index (κ3) is 9.41. The number of benzene rings is 6. The van der Waals surface area contributed by atoms with Gasteiger partial charge in [0.25, 0.3) is 0 Å². The quantitative estimate of drug-likeness (QED) is 0.111. The average molecular weight is 607 g/mol. The van der Waals surface area contributed by atoms with Crippen molar-refractivity contribution in [1.29, 1.82) is 0 Å². The van der Waals surface area contributed by atoms with Gasteiger partial charge in [0.2, 0.25) is 0 Å². The molecule has 0 heterocycles. The lowest BCUT2D eigenvalue weighted by Crippen LogP contribution is -1.94. The molecule has 1 heteroatoms. The van der Waals surface area contributed by atoms with E-state index in [1.807, 2.05) is 36.4 Å². The van der Waals surface area contributed by atoms with Crippen molar-refractivity contribution in [2.75, 3.05) is 0 Å².